The normalized spacial score (nSPS) is 11.8. The van der Waals surface area contributed by atoms with Crippen molar-refractivity contribution in [1.29, 1.82) is 0 Å². The second-order valence-corrected chi connectivity index (χ2v) is 8.97. The lowest BCUT2D eigenvalue weighted by atomic mass is 10.1. The minimum atomic E-state index is -4.36. The van der Waals surface area contributed by atoms with Crippen molar-refractivity contribution in [2.75, 3.05) is 11.9 Å². The summed E-state index contributed by atoms with van der Waals surface area (Å²) in [5.74, 6) is 0.244. The molecule has 1 unspecified atom stereocenters. The van der Waals surface area contributed by atoms with Gasteiger partial charge in [-0.1, -0.05) is 54.5 Å². The van der Waals surface area contributed by atoms with Crippen molar-refractivity contribution in [3.63, 3.8) is 0 Å². The molecule has 0 aliphatic carbocycles. The standard InChI is InChI=1S/C25H22FN3O4S/c1-2-18-11-8-12-20(15-18)28-24(30)17-27-25(31)22(16-19-9-4-3-5-10-19)29-34(32,33)23-14-7-6-13-21(23)26/h1,3-15,22,29H,16-17H2,(H,27,31)(H,28,30). The SMILES string of the molecule is C#Cc1cccc(NC(=O)CNC(=O)C(Cc2ccccc2)NS(=O)(=O)c2ccccc2F)c1. The summed E-state index contributed by atoms with van der Waals surface area (Å²) in [6.45, 7) is -0.411. The van der Waals surface area contributed by atoms with Gasteiger partial charge in [-0.2, -0.15) is 4.72 Å². The highest BCUT2D eigenvalue weighted by Crippen LogP contribution is 2.15. The van der Waals surface area contributed by atoms with Crippen LogP contribution in [0.3, 0.4) is 0 Å². The highest BCUT2D eigenvalue weighted by Gasteiger charge is 2.28. The molecule has 0 aromatic heterocycles. The van der Waals surface area contributed by atoms with Crippen molar-refractivity contribution in [1.82, 2.24) is 10.0 Å². The summed E-state index contributed by atoms with van der Waals surface area (Å²) in [5, 5.41) is 5.03. The fourth-order valence-corrected chi connectivity index (χ4v) is 4.41. The average Bonchev–Trinajstić information content (AvgIpc) is 2.83. The molecule has 3 rings (SSSR count). The molecule has 1 atom stereocenters. The van der Waals surface area contributed by atoms with Crippen LogP contribution < -0.4 is 15.4 Å². The van der Waals surface area contributed by atoms with Crippen LogP contribution >= 0.6 is 0 Å². The highest BCUT2D eigenvalue weighted by atomic mass is 32.2. The summed E-state index contributed by atoms with van der Waals surface area (Å²) >= 11 is 0. The van der Waals surface area contributed by atoms with Crippen LogP contribution in [-0.2, 0) is 26.0 Å². The van der Waals surface area contributed by atoms with Crippen LogP contribution in [0, 0.1) is 18.2 Å². The minimum absolute atomic E-state index is 0.00775. The Morgan fingerprint density at radius 2 is 1.68 bits per heavy atom. The number of carbonyl (C=O) groups excluding carboxylic acids is 2. The Morgan fingerprint density at radius 3 is 2.38 bits per heavy atom. The van der Waals surface area contributed by atoms with Gasteiger partial charge in [-0.3, -0.25) is 9.59 Å². The molecule has 0 fully saturated rings. The fraction of sp³-hybridized carbons (Fsp3) is 0.120. The summed E-state index contributed by atoms with van der Waals surface area (Å²) in [7, 11) is -4.36. The summed E-state index contributed by atoms with van der Waals surface area (Å²) < 4.78 is 41.9. The van der Waals surface area contributed by atoms with E-state index >= 15 is 0 Å². The Balaban J connectivity index is 1.72. The van der Waals surface area contributed by atoms with Crippen LogP contribution in [0.15, 0.2) is 83.8 Å². The van der Waals surface area contributed by atoms with E-state index in [0.29, 0.717) is 16.8 Å². The van der Waals surface area contributed by atoms with E-state index in [-0.39, 0.29) is 6.42 Å². The fourth-order valence-electron chi connectivity index (χ4n) is 3.13. The summed E-state index contributed by atoms with van der Waals surface area (Å²) in [6.07, 6.45) is 5.34. The van der Waals surface area contributed by atoms with E-state index in [1.807, 2.05) is 0 Å². The van der Waals surface area contributed by atoms with Gasteiger partial charge in [0.2, 0.25) is 21.8 Å². The van der Waals surface area contributed by atoms with Gasteiger partial charge in [-0.15, -0.1) is 6.42 Å². The van der Waals surface area contributed by atoms with Crippen molar-refractivity contribution in [3.8, 4) is 12.3 Å². The Hall–Kier alpha value is -4.00. The van der Waals surface area contributed by atoms with E-state index in [1.54, 1.807) is 54.6 Å². The molecule has 0 aliphatic heterocycles. The maximum atomic E-state index is 14.1. The molecule has 0 radical (unpaired) electrons. The first-order chi connectivity index (χ1) is 16.3. The number of rotatable bonds is 9. The predicted molar refractivity (Wildman–Crippen MR) is 127 cm³/mol. The van der Waals surface area contributed by atoms with Crippen molar-refractivity contribution in [2.24, 2.45) is 0 Å². The summed E-state index contributed by atoms with van der Waals surface area (Å²) in [6, 6.07) is 18.9. The quantitative estimate of drug-likeness (QED) is 0.410. The largest absolute Gasteiger partial charge is 0.346 e. The first-order valence-electron chi connectivity index (χ1n) is 10.2. The first-order valence-corrected chi connectivity index (χ1v) is 11.7. The molecule has 0 heterocycles. The molecule has 3 aromatic carbocycles. The van der Waals surface area contributed by atoms with Gasteiger partial charge in [0.05, 0.1) is 6.54 Å². The van der Waals surface area contributed by atoms with E-state index in [2.05, 4.69) is 21.3 Å². The third kappa shape index (κ3) is 6.75. The van der Waals surface area contributed by atoms with Crippen LogP contribution in [0.4, 0.5) is 10.1 Å². The van der Waals surface area contributed by atoms with Crippen LogP contribution in [0.5, 0.6) is 0 Å². The third-order valence-corrected chi connectivity index (χ3v) is 6.26. The molecule has 9 heteroatoms. The van der Waals surface area contributed by atoms with Crippen LogP contribution in [-0.4, -0.2) is 32.8 Å². The molecule has 0 aliphatic rings. The predicted octanol–water partition coefficient (Wildman–Crippen LogP) is 2.45. The number of anilines is 1. The Kier molecular flexibility index (Phi) is 8.14. The second kappa shape index (κ2) is 11.2. The molecule has 3 N–H and O–H groups in total. The highest BCUT2D eigenvalue weighted by molar-refractivity contribution is 7.89. The zero-order valence-corrected chi connectivity index (χ0v) is 18.8. The van der Waals surface area contributed by atoms with E-state index in [1.165, 1.54) is 12.1 Å². The number of amides is 2. The number of terminal acetylenes is 1. The molecule has 3 aromatic rings. The number of sulfonamides is 1. The summed E-state index contributed by atoms with van der Waals surface area (Å²) in [5.41, 5.74) is 1.71. The van der Waals surface area contributed by atoms with Gasteiger partial charge in [-0.05, 0) is 42.3 Å². The van der Waals surface area contributed by atoms with E-state index < -0.39 is 45.1 Å². The smallest absolute Gasteiger partial charge is 0.244 e. The summed E-state index contributed by atoms with van der Waals surface area (Å²) in [4.78, 5) is 24.6. The van der Waals surface area contributed by atoms with Gasteiger partial charge in [0, 0.05) is 11.3 Å². The van der Waals surface area contributed by atoms with Gasteiger partial charge in [0.15, 0.2) is 0 Å². The molecule has 0 saturated carbocycles. The molecule has 0 saturated heterocycles. The molecular formula is C25H22FN3O4S. The Labute approximate surface area is 197 Å². The number of carbonyl (C=O) groups is 2. The molecule has 0 spiro atoms. The van der Waals surface area contributed by atoms with Crippen LogP contribution in [0.2, 0.25) is 0 Å². The molecular weight excluding hydrogens is 457 g/mol. The van der Waals surface area contributed by atoms with E-state index in [9.17, 15) is 22.4 Å². The number of hydrogen-bond acceptors (Lipinski definition) is 4. The van der Waals surface area contributed by atoms with Gasteiger partial charge in [0.1, 0.15) is 16.8 Å². The average molecular weight is 480 g/mol. The Morgan fingerprint density at radius 1 is 0.971 bits per heavy atom. The van der Waals surface area contributed by atoms with Crippen LogP contribution in [0.1, 0.15) is 11.1 Å². The van der Waals surface area contributed by atoms with Crippen molar-refractivity contribution in [3.05, 3.63) is 95.8 Å². The number of halogens is 1. The van der Waals surface area contributed by atoms with Gasteiger partial charge in [0.25, 0.3) is 0 Å². The monoisotopic (exact) mass is 479 g/mol. The number of benzene rings is 3. The van der Waals surface area contributed by atoms with Crippen molar-refractivity contribution < 1.29 is 22.4 Å². The number of nitrogens with one attached hydrogen (secondary N) is 3. The minimum Gasteiger partial charge on any atom is -0.346 e. The topological polar surface area (TPSA) is 104 Å². The number of hydrogen-bond donors (Lipinski definition) is 3. The van der Waals surface area contributed by atoms with Gasteiger partial charge < -0.3 is 10.6 Å². The lowest BCUT2D eigenvalue weighted by Crippen LogP contribution is -2.49. The van der Waals surface area contributed by atoms with Gasteiger partial charge in [-0.25, -0.2) is 12.8 Å². The maximum Gasteiger partial charge on any atom is 0.244 e. The van der Waals surface area contributed by atoms with E-state index in [4.69, 9.17) is 6.42 Å². The lowest BCUT2D eigenvalue weighted by molar-refractivity contribution is -0.125. The van der Waals surface area contributed by atoms with Gasteiger partial charge >= 0.3 is 0 Å². The maximum absolute atomic E-state index is 14.1. The van der Waals surface area contributed by atoms with Crippen molar-refractivity contribution >= 4 is 27.5 Å². The molecule has 2 amide bonds. The van der Waals surface area contributed by atoms with E-state index in [0.717, 1.165) is 12.1 Å². The molecule has 0 bridgehead atoms. The van der Waals surface area contributed by atoms with Crippen molar-refractivity contribution in [2.45, 2.75) is 17.4 Å². The molecule has 34 heavy (non-hydrogen) atoms. The molecule has 7 nitrogen and oxygen atoms in total. The van der Waals surface area contributed by atoms with Crippen LogP contribution in [0.25, 0.3) is 0 Å². The first kappa shape index (κ1) is 24.6. The zero-order valence-electron chi connectivity index (χ0n) is 18.0. The molecule has 174 valence electrons. The lowest BCUT2D eigenvalue weighted by Gasteiger charge is -2.19. The second-order valence-electron chi connectivity index (χ2n) is 7.29. The zero-order chi connectivity index (χ0) is 24.6. The Bertz CT molecular complexity index is 1320. The third-order valence-electron chi connectivity index (χ3n) is 4.76.